The average Bonchev–Trinajstić information content (AvgIpc) is 2.46. The predicted molar refractivity (Wildman–Crippen MR) is 72.6 cm³/mol. The van der Waals surface area contributed by atoms with Crippen molar-refractivity contribution in [3.63, 3.8) is 0 Å². The third kappa shape index (κ3) is 4.20. The standard InChI is InChI=1S/C12H21N5O2/c1-3-19-12-16-10(13-2)15-11(17-12)14-8-9-4-6-18-7-5-9/h9H,3-8H2,1-2H3,(H2,13,14,15,16,17). The lowest BCUT2D eigenvalue weighted by Gasteiger charge is -2.22. The lowest BCUT2D eigenvalue weighted by Crippen LogP contribution is -2.23. The monoisotopic (exact) mass is 267 g/mol. The number of nitrogens with zero attached hydrogens (tertiary/aromatic N) is 3. The van der Waals surface area contributed by atoms with Gasteiger partial charge in [0, 0.05) is 26.8 Å². The topological polar surface area (TPSA) is 81.2 Å². The summed E-state index contributed by atoms with van der Waals surface area (Å²) in [6.45, 7) is 4.97. The van der Waals surface area contributed by atoms with E-state index in [-0.39, 0.29) is 0 Å². The van der Waals surface area contributed by atoms with Gasteiger partial charge in [0.1, 0.15) is 0 Å². The van der Waals surface area contributed by atoms with Crippen LogP contribution in [0.2, 0.25) is 0 Å². The van der Waals surface area contributed by atoms with Gasteiger partial charge in [-0.2, -0.15) is 15.0 Å². The van der Waals surface area contributed by atoms with E-state index in [0.29, 0.717) is 30.4 Å². The molecular formula is C12H21N5O2. The minimum atomic E-state index is 0.344. The fourth-order valence-electron chi connectivity index (χ4n) is 1.93. The minimum Gasteiger partial charge on any atom is -0.464 e. The van der Waals surface area contributed by atoms with Crippen LogP contribution in [0.1, 0.15) is 19.8 Å². The van der Waals surface area contributed by atoms with Gasteiger partial charge >= 0.3 is 6.01 Å². The molecule has 0 aromatic carbocycles. The van der Waals surface area contributed by atoms with Gasteiger partial charge in [0.05, 0.1) is 6.61 Å². The molecule has 0 bridgehead atoms. The summed E-state index contributed by atoms with van der Waals surface area (Å²) in [5.74, 6) is 1.67. The SMILES string of the molecule is CCOc1nc(NC)nc(NCC2CCOCC2)n1. The number of nitrogens with one attached hydrogen (secondary N) is 2. The molecule has 0 aliphatic carbocycles. The number of anilines is 2. The van der Waals surface area contributed by atoms with Gasteiger partial charge in [-0.25, -0.2) is 0 Å². The van der Waals surface area contributed by atoms with E-state index in [4.69, 9.17) is 9.47 Å². The summed E-state index contributed by atoms with van der Waals surface area (Å²) in [6, 6.07) is 0.344. The Labute approximate surface area is 113 Å². The third-order valence-electron chi connectivity index (χ3n) is 3.00. The summed E-state index contributed by atoms with van der Waals surface area (Å²) in [7, 11) is 1.77. The Kier molecular flexibility index (Phi) is 5.14. The van der Waals surface area contributed by atoms with Crippen molar-refractivity contribution in [3.05, 3.63) is 0 Å². The molecule has 2 N–H and O–H groups in total. The van der Waals surface area contributed by atoms with Gasteiger partial charge in [0.2, 0.25) is 11.9 Å². The molecule has 0 unspecified atom stereocenters. The highest BCUT2D eigenvalue weighted by atomic mass is 16.5. The van der Waals surface area contributed by atoms with Crippen molar-refractivity contribution in [1.29, 1.82) is 0 Å². The molecule has 1 aromatic heterocycles. The Bertz CT molecular complexity index is 396. The van der Waals surface area contributed by atoms with E-state index in [9.17, 15) is 0 Å². The van der Waals surface area contributed by atoms with Crippen LogP contribution in [0.15, 0.2) is 0 Å². The van der Waals surface area contributed by atoms with Crippen LogP contribution in [0, 0.1) is 5.92 Å². The van der Waals surface area contributed by atoms with Crippen LogP contribution in [0.3, 0.4) is 0 Å². The molecule has 2 rings (SSSR count). The average molecular weight is 267 g/mol. The van der Waals surface area contributed by atoms with Crippen LogP contribution in [0.4, 0.5) is 11.9 Å². The van der Waals surface area contributed by atoms with E-state index in [1.807, 2.05) is 6.92 Å². The van der Waals surface area contributed by atoms with E-state index < -0.39 is 0 Å². The molecule has 1 aliphatic rings. The Morgan fingerprint density at radius 3 is 2.63 bits per heavy atom. The summed E-state index contributed by atoms with van der Waals surface area (Å²) in [5, 5.41) is 6.15. The Morgan fingerprint density at radius 1 is 1.21 bits per heavy atom. The number of hydrogen-bond acceptors (Lipinski definition) is 7. The molecule has 0 saturated carbocycles. The highest BCUT2D eigenvalue weighted by Crippen LogP contribution is 2.16. The molecule has 1 fully saturated rings. The van der Waals surface area contributed by atoms with Gasteiger partial charge in [-0.1, -0.05) is 0 Å². The smallest absolute Gasteiger partial charge is 0.323 e. The van der Waals surface area contributed by atoms with Gasteiger partial charge in [-0.05, 0) is 25.7 Å². The summed E-state index contributed by atoms with van der Waals surface area (Å²) in [4.78, 5) is 12.6. The van der Waals surface area contributed by atoms with Crippen molar-refractivity contribution in [2.75, 3.05) is 44.0 Å². The molecule has 7 nitrogen and oxygen atoms in total. The normalized spacial score (nSPS) is 16.1. The summed E-state index contributed by atoms with van der Waals surface area (Å²) in [6.07, 6.45) is 2.16. The van der Waals surface area contributed by atoms with Crippen molar-refractivity contribution < 1.29 is 9.47 Å². The van der Waals surface area contributed by atoms with Gasteiger partial charge in [0.25, 0.3) is 0 Å². The van der Waals surface area contributed by atoms with Crippen molar-refractivity contribution >= 4 is 11.9 Å². The zero-order valence-electron chi connectivity index (χ0n) is 11.5. The minimum absolute atomic E-state index is 0.344. The van der Waals surface area contributed by atoms with Crippen LogP contribution in [-0.2, 0) is 4.74 Å². The number of hydrogen-bond donors (Lipinski definition) is 2. The van der Waals surface area contributed by atoms with Crippen LogP contribution in [0.25, 0.3) is 0 Å². The molecule has 0 amide bonds. The third-order valence-corrected chi connectivity index (χ3v) is 3.00. The van der Waals surface area contributed by atoms with E-state index in [1.54, 1.807) is 7.05 Å². The second-order valence-corrected chi connectivity index (χ2v) is 4.38. The molecule has 1 aliphatic heterocycles. The van der Waals surface area contributed by atoms with Crippen molar-refractivity contribution in [2.24, 2.45) is 5.92 Å². The maximum atomic E-state index is 5.34. The summed E-state index contributed by atoms with van der Waals surface area (Å²) < 4.78 is 10.7. The first-order chi connectivity index (χ1) is 9.31. The van der Waals surface area contributed by atoms with Gasteiger partial charge in [-0.15, -0.1) is 0 Å². The quantitative estimate of drug-likeness (QED) is 0.800. The lowest BCUT2D eigenvalue weighted by atomic mass is 10.0. The molecule has 2 heterocycles. The molecule has 106 valence electrons. The fourth-order valence-corrected chi connectivity index (χ4v) is 1.93. The van der Waals surface area contributed by atoms with E-state index in [0.717, 1.165) is 32.6 Å². The zero-order valence-corrected chi connectivity index (χ0v) is 11.5. The summed E-state index contributed by atoms with van der Waals surface area (Å²) in [5.41, 5.74) is 0. The highest BCUT2D eigenvalue weighted by Gasteiger charge is 2.14. The first-order valence-corrected chi connectivity index (χ1v) is 6.70. The molecule has 7 heteroatoms. The maximum absolute atomic E-state index is 5.34. The van der Waals surface area contributed by atoms with Crippen LogP contribution < -0.4 is 15.4 Å². The van der Waals surface area contributed by atoms with E-state index in [1.165, 1.54) is 0 Å². The zero-order chi connectivity index (χ0) is 13.5. The van der Waals surface area contributed by atoms with Crippen LogP contribution in [0.5, 0.6) is 6.01 Å². The maximum Gasteiger partial charge on any atom is 0.323 e. The fraction of sp³-hybridized carbons (Fsp3) is 0.750. The first-order valence-electron chi connectivity index (χ1n) is 6.70. The lowest BCUT2D eigenvalue weighted by molar-refractivity contribution is 0.0699. The number of aromatic nitrogens is 3. The molecule has 0 spiro atoms. The van der Waals surface area contributed by atoms with Crippen LogP contribution in [-0.4, -0.2) is 48.4 Å². The van der Waals surface area contributed by atoms with Crippen LogP contribution >= 0.6 is 0 Å². The number of rotatable bonds is 6. The second kappa shape index (κ2) is 7.08. The van der Waals surface area contributed by atoms with Gasteiger partial charge < -0.3 is 20.1 Å². The highest BCUT2D eigenvalue weighted by molar-refractivity contribution is 5.35. The molecular weight excluding hydrogens is 246 g/mol. The Morgan fingerprint density at radius 2 is 1.95 bits per heavy atom. The molecule has 19 heavy (non-hydrogen) atoms. The first kappa shape index (κ1) is 13.8. The van der Waals surface area contributed by atoms with E-state index >= 15 is 0 Å². The summed E-state index contributed by atoms with van der Waals surface area (Å²) >= 11 is 0. The Hall–Kier alpha value is -1.63. The van der Waals surface area contributed by atoms with Gasteiger partial charge in [-0.3, -0.25) is 0 Å². The largest absolute Gasteiger partial charge is 0.464 e. The predicted octanol–water partition coefficient (Wildman–Crippen LogP) is 1.15. The molecule has 1 aromatic rings. The Balaban J connectivity index is 1.95. The molecule has 0 atom stereocenters. The van der Waals surface area contributed by atoms with Crippen molar-refractivity contribution in [1.82, 2.24) is 15.0 Å². The van der Waals surface area contributed by atoms with Crippen molar-refractivity contribution in [2.45, 2.75) is 19.8 Å². The van der Waals surface area contributed by atoms with Crippen molar-refractivity contribution in [3.8, 4) is 6.01 Å². The molecule has 0 radical (unpaired) electrons. The second-order valence-electron chi connectivity index (χ2n) is 4.38. The van der Waals surface area contributed by atoms with E-state index in [2.05, 4.69) is 25.6 Å². The molecule has 1 saturated heterocycles. The number of ether oxygens (including phenoxy) is 2. The van der Waals surface area contributed by atoms with Gasteiger partial charge in [0.15, 0.2) is 0 Å².